The quantitative estimate of drug-likeness (QED) is 0.536. The average molecular weight is 345 g/mol. The average Bonchev–Trinajstić information content (AvgIpc) is 3.11. The van der Waals surface area contributed by atoms with E-state index in [1.165, 1.54) is 6.92 Å². The Morgan fingerprint density at radius 1 is 1.20 bits per heavy atom. The molecular formula is C18H27N5O2. The van der Waals surface area contributed by atoms with Gasteiger partial charge in [0.15, 0.2) is 5.96 Å². The Morgan fingerprint density at radius 2 is 1.96 bits per heavy atom. The molecule has 1 aliphatic rings. The van der Waals surface area contributed by atoms with Gasteiger partial charge < -0.3 is 20.9 Å². The number of anilines is 1. The van der Waals surface area contributed by atoms with Crippen molar-refractivity contribution < 1.29 is 9.59 Å². The number of rotatable bonds is 6. The maximum absolute atomic E-state index is 12.1. The predicted octanol–water partition coefficient (Wildman–Crippen LogP) is 1.32. The van der Waals surface area contributed by atoms with Crippen LogP contribution in [-0.4, -0.2) is 48.9 Å². The highest BCUT2D eigenvalue weighted by atomic mass is 16.2. The maximum atomic E-state index is 12.1. The van der Waals surface area contributed by atoms with Gasteiger partial charge in [0.05, 0.1) is 13.1 Å². The van der Waals surface area contributed by atoms with Crippen molar-refractivity contribution in [3.8, 4) is 0 Å². The molecule has 0 spiro atoms. The largest absolute Gasteiger partial charge is 0.357 e. The first kappa shape index (κ1) is 18.8. The molecule has 0 radical (unpaired) electrons. The summed E-state index contributed by atoms with van der Waals surface area (Å²) < 4.78 is 0. The summed E-state index contributed by atoms with van der Waals surface area (Å²) in [6, 6.07) is 7.57. The number of likely N-dealkylation sites (tertiary alicyclic amines) is 1. The lowest BCUT2D eigenvalue weighted by atomic mass is 10.2. The van der Waals surface area contributed by atoms with Crippen molar-refractivity contribution in [2.75, 3.05) is 31.5 Å². The van der Waals surface area contributed by atoms with Gasteiger partial charge in [-0.05, 0) is 37.5 Å². The highest BCUT2D eigenvalue weighted by Gasteiger charge is 2.17. The summed E-state index contributed by atoms with van der Waals surface area (Å²) in [7, 11) is 0. The van der Waals surface area contributed by atoms with Crippen LogP contribution in [0.1, 0.15) is 32.3 Å². The summed E-state index contributed by atoms with van der Waals surface area (Å²) in [6.45, 7) is 6.59. The van der Waals surface area contributed by atoms with E-state index in [-0.39, 0.29) is 18.4 Å². The second-order valence-corrected chi connectivity index (χ2v) is 6.02. The molecule has 2 amide bonds. The van der Waals surface area contributed by atoms with E-state index < -0.39 is 0 Å². The molecule has 0 aliphatic carbocycles. The first-order valence-corrected chi connectivity index (χ1v) is 8.75. The third-order valence-electron chi connectivity index (χ3n) is 3.88. The number of carbonyl (C=O) groups excluding carboxylic acids is 2. The number of nitrogens with one attached hydrogen (secondary N) is 3. The molecule has 0 saturated carbocycles. The molecule has 2 rings (SSSR count). The third kappa shape index (κ3) is 6.45. The first-order valence-electron chi connectivity index (χ1n) is 8.75. The highest BCUT2D eigenvalue weighted by Crippen LogP contribution is 2.11. The summed E-state index contributed by atoms with van der Waals surface area (Å²) in [5.41, 5.74) is 1.73. The van der Waals surface area contributed by atoms with Crippen molar-refractivity contribution in [1.29, 1.82) is 0 Å². The molecule has 7 nitrogen and oxygen atoms in total. The summed E-state index contributed by atoms with van der Waals surface area (Å²) >= 11 is 0. The molecule has 3 N–H and O–H groups in total. The molecule has 25 heavy (non-hydrogen) atoms. The molecule has 1 aliphatic heterocycles. The van der Waals surface area contributed by atoms with Gasteiger partial charge in [0.2, 0.25) is 11.8 Å². The fourth-order valence-corrected chi connectivity index (χ4v) is 2.70. The lowest BCUT2D eigenvalue weighted by Gasteiger charge is -2.17. The van der Waals surface area contributed by atoms with Crippen LogP contribution < -0.4 is 16.0 Å². The van der Waals surface area contributed by atoms with Crippen LogP contribution >= 0.6 is 0 Å². The van der Waals surface area contributed by atoms with Crippen LogP contribution in [0.3, 0.4) is 0 Å². The van der Waals surface area contributed by atoms with Crippen LogP contribution in [0.2, 0.25) is 0 Å². The van der Waals surface area contributed by atoms with Crippen molar-refractivity contribution in [2.45, 2.75) is 33.2 Å². The third-order valence-corrected chi connectivity index (χ3v) is 3.88. The molecule has 0 atom stereocenters. The summed E-state index contributed by atoms with van der Waals surface area (Å²) in [5, 5.41) is 9.00. The Hall–Kier alpha value is -2.57. The zero-order valence-electron chi connectivity index (χ0n) is 15.0. The maximum Gasteiger partial charge on any atom is 0.241 e. The Bertz CT molecular complexity index is 624. The van der Waals surface area contributed by atoms with Gasteiger partial charge >= 0.3 is 0 Å². The Morgan fingerprint density at radius 3 is 2.64 bits per heavy atom. The van der Waals surface area contributed by atoms with Gasteiger partial charge in [-0.15, -0.1) is 0 Å². The second-order valence-electron chi connectivity index (χ2n) is 6.02. The monoisotopic (exact) mass is 345 g/mol. The molecule has 1 saturated heterocycles. The van der Waals surface area contributed by atoms with Crippen molar-refractivity contribution in [2.24, 2.45) is 4.99 Å². The summed E-state index contributed by atoms with van der Waals surface area (Å²) in [4.78, 5) is 29.7. The van der Waals surface area contributed by atoms with E-state index in [0.717, 1.165) is 43.7 Å². The van der Waals surface area contributed by atoms with Crippen LogP contribution in [0.25, 0.3) is 0 Å². The zero-order valence-corrected chi connectivity index (χ0v) is 15.0. The molecular weight excluding hydrogens is 318 g/mol. The van der Waals surface area contributed by atoms with Crippen LogP contribution in [0.4, 0.5) is 5.69 Å². The second kappa shape index (κ2) is 9.66. The number of hydrogen-bond acceptors (Lipinski definition) is 3. The number of guanidine groups is 1. The van der Waals surface area contributed by atoms with Crippen molar-refractivity contribution in [3.63, 3.8) is 0 Å². The minimum absolute atomic E-state index is 0.101. The SMILES string of the molecule is CCNC(=NCc1cccc(NC(C)=O)c1)NCC(=O)N1CCCC1. The Balaban J connectivity index is 1.92. The molecule has 7 heteroatoms. The number of carbonyl (C=O) groups is 2. The number of hydrogen-bond donors (Lipinski definition) is 3. The Labute approximate surface area is 148 Å². The van der Waals surface area contributed by atoms with Crippen LogP contribution in [-0.2, 0) is 16.1 Å². The van der Waals surface area contributed by atoms with Crippen molar-refractivity contribution in [3.05, 3.63) is 29.8 Å². The lowest BCUT2D eigenvalue weighted by molar-refractivity contribution is -0.128. The molecule has 1 heterocycles. The fourth-order valence-electron chi connectivity index (χ4n) is 2.70. The van der Waals surface area contributed by atoms with E-state index in [4.69, 9.17) is 0 Å². The van der Waals surface area contributed by atoms with Crippen LogP contribution in [0.15, 0.2) is 29.3 Å². The van der Waals surface area contributed by atoms with Gasteiger partial charge in [-0.1, -0.05) is 12.1 Å². The van der Waals surface area contributed by atoms with Crippen molar-refractivity contribution in [1.82, 2.24) is 15.5 Å². The molecule has 1 aromatic rings. The van der Waals surface area contributed by atoms with E-state index in [0.29, 0.717) is 12.5 Å². The smallest absolute Gasteiger partial charge is 0.241 e. The van der Waals surface area contributed by atoms with E-state index in [2.05, 4.69) is 20.9 Å². The summed E-state index contributed by atoms with van der Waals surface area (Å²) in [6.07, 6.45) is 2.18. The molecule has 1 aromatic carbocycles. The van der Waals surface area contributed by atoms with Gasteiger partial charge in [0.1, 0.15) is 0 Å². The summed E-state index contributed by atoms with van der Waals surface area (Å²) in [5.74, 6) is 0.617. The first-order chi connectivity index (χ1) is 12.1. The lowest BCUT2D eigenvalue weighted by Crippen LogP contribution is -2.44. The molecule has 1 fully saturated rings. The van der Waals surface area contributed by atoms with E-state index in [1.807, 2.05) is 36.1 Å². The highest BCUT2D eigenvalue weighted by molar-refractivity contribution is 5.88. The molecule has 0 unspecified atom stereocenters. The number of benzene rings is 1. The minimum atomic E-state index is -0.101. The zero-order chi connectivity index (χ0) is 18.1. The number of aliphatic imine (C=N–C) groups is 1. The number of nitrogens with zero attached hydrogens (tertiary/aromatic N) is 2. The van der Waals surface area contributed by atoms with Gasteiger partial charge in [0.25, 0.3) is 0 Å². The van der Waals surface area contributed by atoms with Crippen LogP contribution in [0, 0.1) is 0 Å². The fraction of sp³-hybridized carbons (Fsp3) is 0.500. The minimum Gasteiger partial charge on any atom is -0.357 e. The standard InChI is InChI=1S/C18H27N5O2/c1-3-19-18(21-13-17(25)23-9-4-5-10-23)20-12-15-7-6-8-16(11-15)22-14(2)24/h6-8,11H,3-5,9-10,12-13H2,1-2H3,(H,22,24)(H2,19,20,21). The van der Waals surface area contributed by atoms with Gasteiger partial charge in [-0.2, -0.15) is 0 Å². The van der Waals surface area contributed by atoms with Gasteiger partial charge in [-0.25, -0.2) is 4.99 Å². The van der Waals surface area contributed by atoms with E-state index >= 15 is 0 Å². The van der Waals surface area contributed by atoms with Crippen molar-refractivity contribution >= 4 is 23.5 Å². The normalized spacial score (nSPS) is 14.3. The van der Waals surface area contributed by atoms with E-state index in [1.54, 1.807) is 0 Å². The number of amides is 2. The van der Waals surface area contributed by atoms with E-state index in [9.17, 15) is 9.59 Å². The van der Waals surface area contributed by atoms with Gasteiger partial charge in [0, 0.05) is 32.2 Å². The molecule has 0 aromatic heterocycles. The topological polar surface area (TPSA) is 85.8 Å². The molecule has 136 valence electrons. The van der Waals surface area contributed by atoms with Gasteiger partial charge in [-0.3, -0.25) is 9.59 Å². The molecule has 0 bridgehead atoms. The Kier molecular flexibility index (Phi) is 7.25. The van der Waals surface area contributed by atoms with Crippen LogP contribution in [0.5, 0.6) is 0 Å². The predicted molar refractivity (Wildman–Crippen MR) is 99.4 cm³/mol.